The van der Waals surface area contributed by atoms with E-state index in [0.29, 0.717) is 12.1 Å². The van der Waals surface area contributed by atoms with Gasteiger partial charge >= 0.3 is 5.97 Å². The fraction of sp³-hybridized carbons (Fsp3) is 0.400. The number of aromatic carboxylic acids is 1. The average molecular weight is 292 g/mol. The molecule has 0 aromatic heterocycles. The van der Waals surface area contributed by atoms with Crippen molar-refractivity contribution >= 4 is 17.8 Å². The molecule has 6 heteroatoms. The Balaban J connectivity index is 2.91. The normalized spacial score (nSPS) is 10.4. The fourth-order valence-electron chi connectivity index (χ4n) is 2.04. The number of nitrogens with two attached hydrogens (primary N) is 1. The van der Waals surface area contributed by atoms with Crippen LogP contribution in [0.3, 0.4) is 0 Å². The highest BCUT2D eigenvalue weighted by Crippen LogP contribution is 2.12. The lowest BCUT2D eigenvalue weighted by Gasteiger charge is -2.23. The quantitative estimate of drug-likeness (QED) is 0.779. The van der Waals surface area contributed by atoms with Gasteiger partial charge in [-0.05, 0) is 17.5 Å². The highest BCUT2D eigenvalue weighted by Gasteiger charge is 2.19. The van der Waals surface area contributed by atoms with Gasteiger partial charge in [-0.15, -0.1) is 0 Å². The third kappa shape index (κ3) is 5.25. The highest BCUT2D eigenvalue weighted by atomic mass is 16.4. The zero-order valence-corrected chi connectivity index (χ0v) is 12.2. The lowest BCUT2D eigenvalue weighted by molar-refractivity contribution is -0.135. The summed E-state index contributed by atoms with van der Waals surface area (Å²) in [5.74, 6) is -1.79. The average Bonchev–Trinajstić information content (AvgIpc) is 2.37. The molecule has 0 fully saturated rings. The molecular weight excluding hydrogens is 272 g/mol. The Morgan fingerprint density at radius 3 is 2.38 bits per heavy atom. The zero-order valence-electron chi connectivity index (χ0n) is 12.2. The van der Waals surface area contributed by atoms with Crippen molar-refractivity contribution in [1.82, 2.24) is 4.90 Å². The van der Waals surface area contributed by atoms with Gasteiger partial charge in [0.15, 0.2) is 0 Å². The first-order valence-electron chi connectivity index (χ1n) is 6.68. The summed E-state index contributed by atoms with van der Waals surface area (Å²) in [5.41, 5.74) is 5.67. The first-order valence-corrected chi connectivity index (χ1v) is 6.68. The van der Waals surface area contributed by atoms with Gasteiger partial charge in [0.1, 0.15) is 0 Å². The molecule has 114 valence electrons. The van der Waals surface area contributed by atoms with Crippen molar-refractivity contribution in [3.63, 3.8) is 0 Å². The number of carboxylic acid groups (broad SMARTS) is 1. The highest BCUT2D eigenvalue weighted by molar-refractivity contribution is 5.92. The van der Waals surface area contributed by atoms with Crippen LogP contribution in [0, 0.1) is 5.92 Å². The summed E-state index contributed by atoms with van der Waals surface area (Å²) in [6, 6.07) is 6.33. The van der Waals surface area contributed by atoms with Crippen molar-refractivity contribution < 1.29 is 19.5 Å². The number of carbonyl (C=O) groups excluding carboxylic acids is 2. The van der Waals surface area contributed by atoms with Crippen LogP contribution < -0.4 is 5.73 Å². The number of hydrogen-bond donors (Lipinski definition) is 2. The Hall–Kier alpha value is -2.37. The minimum Gasteiger partial charge on any atom is -0.478 e. The van der Waals surface area contributed by atoms with Gasteiger partial charge in [0, 0.05) is 6.54 Å². The maximum atomic E-state index is 12.3. The van der Waals surface area contributed by atoms with E-state index in [1.54, 1.807) is 18.2 Å². The van der Waals surface area contributed by atoms with Crippen molar-refractivity contribution in [2.75, 3.05) is 13.1 Å². The summed E-state index contributed by atoms with van der Waals surface area (Å²) in [7, 11) is 0. The SMILES string of the molecule is CC(C)CN(CC(N)=O)C(=O)Cc1ccccc1C(=O)O. The number of hydrogen-bond acceptors (Lipinski definition) is 3. The van der Waals surface area contributed by atoms with Crippen LogP contribution in [0.25, 0.3) is 0 Å². The molecule has 0 radical (unpaired) electrons. The van der Waals surface area contributed by atoms with Crippen molar-refractivity contribution in [2.45, 2.75) is 20.3 Å². The Morgan fingerprint density at radius 2 is 1.86 bits per heavy atom. The van der Waals surface area contributed by atoms with Crippen LogP contribution in [0.4, 0.5) is 0 Å². The van der Waals surface area contributed by atoms with E-state index in [2.05, 4.69) is 0 Å². The summed E-state index contributed by atoms with van der Waals surface area (Å²) in [4.78, 5) is 35.8. The van der Waals surface area contributed by atoms with Crippen LogP contribution >= 0.6 is 0 Å². The largest absolute Gasteiger partial charge is 0.478 e. The number of carbonyl (C=O) groups is 3. The Bertz CT molecular complexity index is 540. The third-order valence-corrected chi connectivity index (χ3v) is 2.87. The first-order chi connectivity index (χ1) is 9.81. The topological polar surface area (TPSA) is 101 Å². The first kappa shape index (κ1) is 16.7. The second kappa shape index (κ2) is 7.42. The molecule has 0 aliphatic heterocycles. The molecule has 6 nitrogen and oxygen atoms in total. The molecule has 2 amide bonds. The van der Waals surface area contributed by atoms with Crippen molar-refractivity contribution in [3.8, 4) is 0 Å². The Kier molecular flexibility index (Phi) is 5.90. The van der Waals surface area contributed by atoms with Crippen LogP contribution in [0.15, 0.2) is 24.3 Å². The van der Waals surface area contributed by atoms with Crippen LogP contribution in [-0.2, 0) is 16.0 Å². The number of nitrogens with zero attached hydrogens (tertiary/aromatic N) is 1. The maximum Gasteiger partial charge on any atom is 0.335 e. The van der Waals surface area contributed by atoms with Gasteiger partial charge in [0.2, 0.25) is 11.8 Å². The van der Waals surface area contributed by atoms with Crippen LogP contribution in [0.2, 0.25) is 0 Å². The molecule has 1 rings (SSSR count). The minimum absolute atomic E-state index is 0.0670. The summed E-state index contributed by atoms with van der Waals surface area (Å²) in [6.45, 7) is 4.09. The van der Waals surface area contributed by atoms with E-state index in [0.717, 1.165) is 0 Å². The lowest BCUT2D eigenvalue weighted by atomic mass is 10.0. The monoisotopic (exact) mass is 292 g/mol. The fourth-order valence-corrected chi connectivity index (χ4v) is 2.04. The van der Waals surface area contributed by atoms with Gasteiger partial charge in [-0.3, -0.25) is 9.59 Å². The number of rotatable bonds is 7. The molecule has 1 aromatic carbocycles. The van der Waals surface area contributed by atoms with E-state index in [1.165, 1.54) is 11.0 Å². The molecule has 3 N–H and O–H groups in total. The van der Waals surface area contributed by atoms with E-state index in [4.69, 9.17) is 10.8 Å². The summed E-state index contributed by atoms with van der Waals surface area (Å²) in [6.07, 6.45) is -0.0670. The molecule has 0 bridgehead atoms. The van der Waals surface area contributed by atoms with Gasteiger partial charge in [-0.2, -0.15) is 0 Å². The summed E-state index contributed by atoms with van der Waals surface area (Å²) < 4.78 is 0. The number of carboxylic acids is 1. The van der Waals surface area contributed by atoms with Crippen LogP contribution in [0.1, 0.15) is 29.8 Å². The molecular formula is C15H20N2O4. The van der Waals surface area contributed by atoms with Gasteiger partial charge in [-0.1, -0.05) is 32.0 Å². The minimum atomic E-state index is -1.08. The van der Waals surface area contributed by atoms with E-state index in [-0.39, 0.29) is 30.4 Å². The van der Waals surface area contributed by atoms with Crippen LogP contribution in [-0.4, -0.2) is 40.9 Å². The Labute approximate surface area is 123 Å². The second-order valence-electron chi connectivity index (χ2n) is 5.27. The van der Waals surface area contributed by atoms with E-state index >= 15 is 0 Å². The van der Waals surface area contributed by atoms with Crippen molar-refractivity contribution in [2.24, 2.45) is 11.7 Å². The summed E-state index contributed by atoms with van der Waals surface area (Å²) >= 11 is 0. The van der Waals surface area contributed by atoms with E-state index in [1.807, 2.05) is 13.8 Å². The van der Waals surface area contributed by atoms with Gasteiger partial charge in [-0.25, -0.2) is 4.79 Å². The lowest BCUT2D eigenvalue weighted by Crippen LogP contribution is -2.41. The number of amides is 2. The van der Waals surface area contributed by atoms with Crippen molar-refractivity contribution in [1.29, 1.82) is 0 Å². The standard InChI is InChI=1S/C15H20N2O4/c1-10(2)8-17(9-13(16)18)14(19)7-11-5-3-4-6-12(11)15(20)21/h3-6,10H,7-9H2,1-2H3,(H2,16,18)(H,20,21). The number of benzene rings is 1. The third-order valence-electron chi connectivity index (χ3n) is 2.87. The van der Waals surface area contributed by atoms with E-state index in [9.17, 15) is 14.4 Å². The molecule has 0 heterocycles. The number of primary amides is 1. The predicted octanol–water partition coefficient (Wildman–Crippen LogP) is 0.897. The smallest absolute Gasteiger partial charge is 0.335 e. The molecule has 0 aliphatic rings. The second-order valence-corrected chi connectivity index (χ2v) is 5.27. The molecule has 1 aromatic rings. The molecule has 0 saturated carbocycles. The van der Waals surface area contributed by atoms with Gasteiger partial charge in [0.25, 0.3) is 0 Å². The molecule has 0 saturated heterocycles. The molecule has 21 heavy (non-hydrogen) atoms. The Morgan fingerprint density at radius 1 is 1.24 bits per heavy atom. The maximum absolute atomic E-state index is 12.3. The van der Waals surface area contributed by atoms with Crippen molar-refractivity contribution in [3.05, 3.63) is 35.4 Å². The van der Waals surface area contributed by atoms with E-state index < -0.39 is 11.9 Å². The summed E-state index contributed by atoms with van der Waals surface area (Å²) in [5, 5.41) is 9.11. The predicted molar refractivity (Wildman–Crippen MR) is 77.7 cm³/mol. The zero-order chi connectivity index (χ0) is 16.0. The molecule has 0 aliphatic carbocycles. The molecule has 0 unspecified atom stereocenters. The van der Waals surface area contributed by atoms with Crippen LogP contribution in [0.5, 0.6) is 0 Å². The molecule has 0 spiro atoms. The molecule has 0 atom stereocenters. The van der Waals surface area contributed by atoms with Gasteiger partial charge < -0.3 is 15.7 Å². The van der Waals surface area contributed by atoms with Gasteiger partial charge in [0.05, 0.1) is 18.5 Å².